The van der Waals surface area contributed by atoms with Gasteiger partial charge in [-0.3, -0.25) is 19.0 Å². The van der Waals surface area contributed by atoms with Crippen LogP contribution in [0.15, 0.2) is 18.6 Å². The summed E-state index contributed by atoms with van der Waals surface area (Å²) < 4.78 is 29.2. The molecule has 2 aromatic rings. The molecule has 326 valence electrons. The molecule has 4 amide bonds. The van der Waals surface area contributed by atoms with Gasteiger partial charge in [0.05, 0.1) is 24.1 Å². The van der Waals surface area contributed by atoms with Crippen molar-refractivity contribution in [2.45, 2.75) is 107 Å². The molecule has 0 radical (unpaired) electrons. The minimum absolute atomic E-state index is 0.0709. The fraction of sp³-hybridized carbons (Fsp3) is 0.703. The number of aliphatic hydroxyl groups is 4. The van der Waals surface area contributed by atoms with E-state index in [4.69, 9.17) is 28.9 Å². The molecule has 12 atom stereocenters. The zero-order chi connectivity index (χ0) is 43.0. The average molecular weight is 834 g/mol. The van der Waals surface area contributed by atoms with Gasteiger partial charge in [0.25, 0.3) is 5.91 Å². The van der Waals surface area contributed by atoms with Gasteiger partial charge in [0, 0.05) is 60.6 Å². The Morgan fingerprint density at radius 3 is 2.41 bits per heavy atom. The van der Waals surface area contributed by atoms with Gasteiger partial charge >= 0.3 is 6.03 Å². The normalized spacial score (nSPS) is 30.9. The van der Waals surface area contributed by atoms with Crippen LogP contribution in [0.1, 0.15) is 39.5 Å². The zero-order valence-corrected chi connectivity index (χ0v) is 33.7. The first-order valence-corrected chi connectivity index (χ1v) is 19.5. The number of likely N-dealkylation sites (tertiary alicyclic amines) is 1. The van der Waals surface area contributed by atoms with Gasteiger partial charge in [0.15, 0.2) is 24.3 Å². The number of hydrogen-bond acceptors (Lipinski definition) is 17. The SMILES string of the molecule is CO[C@@H]1OC(CO)[C@@H](O)[C@H](O[C@@H]2OC(C(=O)NCCCCNC(=O)n3ccc4c(N(C)[C@H]5CN(C(=O)CC#N)CC[C@H]5C)ncnc43)[C@@H](OC)[C@H](O)C2O)C1NC(C)=O. The van der Waals surface area contributed by atoms with Crippen LogP contribution < -0.4 is 20.9 Å². The van der Waals surface area contributed by atoms with Crippen molar-refractivity contribution in [3.05, 3.63) is 18.6 Å². The molecule has 0 bridgehead atoms. The molecule has 7 N–H and O–H groups in total. The van der Waals surface area contributed by atoms with Crippen LogP contribution in [0.2, 0.25) is 0 Å². The molecule has 3 aliphatic heterocycles. The Morgan fingerprint density at radius 1 is 1.02 bits per heavy atom. The number of nitriles is 1. The van der Waals surface area contributed by atoms with Gasteiger partial charge in [-0.15, -0.1) is 0 Å². The number of fused-ring (bicyclic) bond motifs is 1. The lowest BCUT2D eigenvalue weighted by molar-refractivity contribution is -0.338. The van der Waals surface area contributed by atoms with Gasteiger partial charge in [-0.1, -0.05) is 6.92 Å². The maximum atomic E-state index is 13.4. The summed E-state index contributed by atoms with van der Waals surface area (Å²) in [5, 5.41) is 60.3. The third-order valence-corrected chi connectivity index (χ3v) is 11.0. The summed E-state index contributed by atoms with van der Waals surface area (Å²) in [7, 11) is 4.40. The lowest BCUT2D eigenvalue weighted by Crippen LogP contribution is -2.68. The number of methoxy groups -OCH3 is 2. The molecule has 5 rings (SSSR count). The highest BCUT2D eigenvalue weighted by molar-refractivity contribution is 5.95. The molecule has 3 aliphatic rings. The van der Waals surface area contributed by atoms with Crippen molar-refractivity contribution in [2.75, 3.05) is 59.0 Å². The topological polar surface area (TPSA) is 292 Å². The number of carbonyl (C=O) groups is 4. The van der Waals surface area contributed by atoms with Gasteiger partial charge < -0.3 is 69.9 Å². The van der Waals surface area contributed by atoms with Crippen LogP contribution in [0.3, 0.4) is 0 Å². The lowest BCUT2D eigenvalue weighted by atomic mass is 9.92. The molecule has 3 saturated heterocycles. The molecule has 0 aromatic carbocycles. The van der Waals surface area contributed by atoms with Gasteiger partial charge in [-0.2, -0.15) is 5.26 Å². The molecule has 22 nitrogen and oxygen atoms in total. The number of aliphatic hydroxyl groups excluding tert-OH is 4. The van der Waals surface area contributed by atoms with Crippen molar-refractivity contribution >= 4 is 40.6 Å². The Balaban J connectivity index is 1.14. The van der Waals surface area contributed by atoms with E-state index in [0.29, 0.717) is 42.8 Å². The van der Waals surface area contributed by atoms with Gasteiger partial charge in [0.1, 0.15) is 61.2 Å². The Labute approximate surface area is 340 Å². The highest BCUT2D eigenvalue weighted by atomic mass is 16.7. The molecule has 4 unspecified atom stereocenters. The first-order valence-electron chi connectivity index (χ1n) is 19.5. The van der Waals surface area contributed by atoms with Gasteiger partial charge in [0.2, 0.25) is 11.8 Å². The number of ether oxygens (including phenoxy) is 5. The van der Waals surface area contributed by atoms with E-state index in [1.807, 2.05) is 18.0 Å². The molecular weight excluding hydrogens is 778 g/mol. The van der Waals surface area contributed by atoms with Gasteiger partial charge in [-0.05, 0) is 31.2 Å². The van der Waals surface area contributed by atoms with E-state index in [2.05, 4.69) is 32.8 Å². The van der Waals surface area contributed by atoms with Crippen LogP contribution in [0, 0.1) is 17.2 Å². The first kappa shape index (κ1) is 45.5. The number of carbonyl (C=O) groups excluding carboxylic acids is 4. The fourth-order valence-electron chi connectivity index (χ4n) is 7.74. The smallest absolute Gasteiger partial charge is 0.327 e. The zero-order valence-electron chi connectivity index (χ0n) is 33.7. The standard InChI is InChI=1S/C37H55N9O13/c1-19-9-14-45(24(49)8-11-38)16-22(19)44(3)32-21-10-15-46(33(21)42-18-41-32)37(54)40-13-7-6-12-39-34(53)31-30(55-4)27(51)28(52)36(59-31)58-29-25(43-20(2)48)35(56-5)57-23(17-47)26(29)50/h10,15,18-19,22-23,25-31,35-36,47,50-52H,6-9,12-14,16-17H2,1-5H3,(H,39,53)(H,40,54)(H,43,48)/t19-,22+,23?,25?,26-,27-,28?,29-,30+,31?,35-,36-/m1/s1. The number of hydrogen-bond donors (Lipinski definition) is 7. The number of rotatable bonds is 15. The Bertz CT molecular complexity index is 1810. The largest absolute Gasteiger partial charge is 0.394 e. The highest BCUT2D eigenvalue weighted by Crippen LogP contribution is 2.32. The third kappa shape index (κ3) is 10.2. The second kappa shape index (κ2) is 20.6. The van der Waals surface area contributed by atoms with Crippen molar-refractivity contribution < 1.29 is 63.3 Å². The quantitative estimate of drug-likeness (QED) is 0.0917. The minimum atomic E-state index is -1.76. The number of likely N-dealkylation sites (N-methyl/N-ethyl adjacent to an activating group) is 1. The first-order chi connectivity index (χ1) is 28.3. The molecule has 5 heterocycles. The van der Waals surface area contributed by atoms with Crippen molar-refractivity contribution in [3.8, 4) is 6.07 Å². The second-order valence-corrected chi connectivity index (χ2v) is 14.9. The fourth-order valence-corrected chi connectivity index (χ4v) is 7.74. The van der Waals surface area contributed by atoms with Crippen LogP contribution in [-0.4, -0.2) is 185 Å². The number of nitrogens with zero attached hydrogens (tertiary/aromatic N) is 6. The summed E-state index contributed by atoms with van der Waals surface area (Å²) in [5.41, 5.74) is 0.394. The number of unbranched alkanes of at least 4 members (excludes halogenated alkanes) is 1. The summed E-state index contributed by atoms with van der Waals surface area (Å²) in [5.74, 6) is -0.587. The molecule has 59 heavy (non-hydrogen) atoms. The number of amides is 4. The second-order valence-electron chi connectivity index (χ2n) is 14.9. The summed E-state index contributed by atoms with van der Waals surface area (Å²) in [4.78, 5) is 63.6. The van der Waals surface area contributed by atoms with Crippen LogP contribution in [0.4, 0.5) is 10.6 Å². The predicted octanol–water partition coefficient (Wildman–Crippen LogP) is -2.45. The van der Waals surface area contributed by atoms with Gasteiger partial charge in [-0.25, -0.2) is 14.8 Å². The Hall–Kier alpha value is -4.57. The van der Waals surface area contributed by atoms with E-state index in [9.17, 15) is 39.6 Å². The maximum Gasteiger partial charge on any atom is 0.327 e. The van der Waals surface area contributed by atoms with E-state index < -0.39 is 85.8 Å². The molecule has 22 heteroatoms. The summed E-state index contributed by atoms with van der Waals surface area (Å²) in [6.45, 7) is 4.10. The van der Waals surface area contributed by atoms with Crippen LogP contribution in [0.5, 0.6) is 0 Å². The van der Waals surface area contributed by atoms with E-state index in [1.165, 1.54) is 32.0 Å². The average Bonchev–Trinajstić information content (AvgIpc) is 3.66. The number of aromatic nitrogens is 3. The molecule has 0 spiro atoms. The van der Waals surface area contributed by atoms with Crippen molar-refractivity contribution in [1.82, 2.24) is 35.4 Å². The van der Waals surface area contributed by atoms with Crippen LogP contribution >= 0.6 is 0 Å². The number of piperidine rings is 1. The van der Waals surface area contributed by atoms with E-state index in [-0.39, 0.29) is 37.4 Å². The van der Waals surface area contributed by atoms with Crippen molar-refractivity contribution in [3.63, 3.8) is 0 Å². The van der Waals surface area contributed by atoms with E-state index >= 15 is 0 Å². The Kier molecular flexibility index (Phi) is 15.9. The molecule has 0 aliphatic carbocycles. The summed E-state index contributed by atoms with van der Waals surface area (Å²) in [6, 6.07) is 2.04. The maximum absolute atomic E-state index is 13.4. The van der Waals surface area contributed by atoms with E-state index in [0.717, 1.165) is 6.42 Å². The van der Waals surface area contributed by atoms with Crippen molar-refractivity contribution in [2.24, 2.45) is 5.92 Å². The Morgan fingerprint density at radius 2 is 1.75 bits per heavy atom. The number of anilines is 1. The minimum Gasteiger partial charge on any atom is -0.394 e. The van der Waals surface area contributed by atoms with Crippen LogP contribution in [0.25, 0.3) is 11.0 Å². The molecule has 3 fully saturated rings. The lowest BCUT2D eigenvalue weighted by Gasteiger charge is -2.47. The summed E-state index contributed by atoms with van der Waals surface area (Å²) in [6.07, 6.45) is -8.79. The molecule has 2 aromatic heterocycles. The predicted molar refractivity (Wildman–Crippen MR) is 204 cm³/mol. The number of nitrogens with one attached hydrogen (secondary N) is 3. The highest BCUT2D eigenvalue weighted by Gasteiger charge is 2.53. The summed E-state index contributed by atoms with van der Waals surface area (Å²) >= 11 is 0. The third-order valence-electron chi connectivity index (χ3n) is 11.0. The molecule has 0 saturated carbocycles. The van der Waals surface area contributed by atoms with E-state index in [1.54, 1.807) is 17.2 Å². The molecular formula is C37H55N9O13. The monoisotopic (exact) mass is 833 g/mol. The van der Waals surface area contributed by atoms with Crippen LogP contribution in [-0.2, 0) is 38.1 Å². The van der Waals surface area contributed by atoms with Crippen molar-refractivity contribution in [1.29, 1.82) is 5.26 Å².